The average molecular weight is 219 g/mol. The molecule has 0 atom stereocenters. The fraction of sp³-hybridized carbons (Fsp3) is 0.900. The van der Waals surface area contributed by atoms with Gasteiger partial charge in [0.25, 0.3) is 0 Å². The fourth-order valence-corrected chi connectivity index (χ4v) is 1.57. The topological polar surface area (TPSA) is 49.3 Å². The first kappa shape index (κ1) is 13.8. The lowest BCUT2D eigenvalue weighted by atomic mass is 10.0. The van der Waals surface area contributed by atoms with Crippen molar-refractivity contribution in [3.8, 4) is 0 Å². The van der Waals surface area contributed by atoms with Crippen LogP contribution in [-0.4, -0.2) is 34.7 Å². The van der Waals surface area contributed by atoms with Crippen LogP contribution in [0.4, 0.5) is 0 Å². The highest BCUT2D eigenvalue weighted by molar-refractivity contribution is 7.99. The van der Waals surface area contributed by atoms with Crippen LogP contribution < -0.4 is 5.32 Å². The van der Waals surface area contributed by atoms with Crippen LogP contribution in [0.5, 0.6) is 0 Å². The summed E-state index contributed by atoms with van der Waals surface area (Å²) >= 11 is 1.57. The van der Waals surface area contributed by atoms with Crippen molar-refractivity contribution in [3.63, 3.8) is 0 Å². The fourth-order valence-electron chi connectivity index (χ4n) is 0.833. The van der Waals surface area contributed by atoms with E-state index >= 15 is 0 Å². The van der Waals surface area contributed by atoms with E-state index in [-0.39, 0.29) is 18.1 Å². The smallest absolute Gasteiger partial charge is 0.230 e. The van der Waals surface area contributed by atoms with Gasteiger partial charge in [-0.2, -0.15) is 11.8 Å². The lowest BCUT2D eigenvalue weighted by Crippen LogP contribution is -2.43. The summed E-state index contributed by atoms with van der Waals surface area (Å²) in [4.78, 5) is 11.4. The summed E-state index contributed by atoms with van der Waals surface area (Å²) in [6, 6.07) is 0. The summed E-state index contributed by atoms with van der Waals surface area (Å²) in [7, 11) is 0. The number of carbonyl (C=O) groups excluding carboxylic acids is 1. The molecule has 0 aliphatic heterocycles. The maximum Gasteiger partial charge on any atom is 0.230 e. The lowest BCUT2D eigenvalue weighted by molar-refractivity contribution is -0.120. The number of hydrogen-bond donors (Lipinski definition) is 2. The van der Waals surface area contributed by atoms with Crippen LogP contribution in [0.15, 0.2) is 0 Å². The van der Waals surface area contributed by atoms with Crippen molar-refractivity contribution in [1.29, 1.82) is 0 Å². The predicted molar refractivity (Wildman–Crippen MR) is 61.5 cm³/mol. The minimum atomic E-state index is -0.103. The van der Waals surface area contributed by atoms with Gasteiger partial charge >= 0.3 is 0 Å². The molecule has 0 aliphatic carbocycles. The molecule has 2 N–H and O–H groups in total. The van der Waals surface area contributed by atoms with Crippen LogP contribution in [0.25, 0.3) is 0 Å². The van der Waals surface area contributed by atoms with Gasteiger partial charge < -0.3 is 10.4 Å². The molecule has 0 radical (unpaired) electrons. The minimum Gasteiger partial charge on any atom is -0.396 e. The number of thioether (sulfide) groups is 1. The predicted octanol–water partition coefficient (Wildman–Crippen LogP) is 1.41. The van der Waals surface area contributed by atoms with Crippen molar-refractivity contribution in [2.45, 2.75) is 39.2 Å². The standard InChI is InChI=1S/C10H21NO2S/c1-4-10(2,3)11-9(13)8-14-7-5-6-12/h12H,4-8H2,1-3H3,(H,11,13). The van der Waals surface area contributed by atoms with Gasteiger partial charge in [0.2, 0.25) is 5.91 Å². The van der Waals surface area contributed by atoms with Crippen LogP contribution in [0.3, 0.4) is 0 Å². The SMILES string of the molecule is CCC(C)(C)NC(=O)CSCCCO. The van der Waals surface area contributed by atoms with Crippen molar-refractivity contribution < 1.29 is 9.90 Å². The number of carbonyl (C=O) groups is 1. The number of aliphatic hydroxyl groups is 1. The molecule has 0 spiro atoms. The zero-order valence-electron chi connectivity index (χ0n) is 9.30. The third-order valence-corrected chi connectivity index (χ3v) is 3.09. The maximum absolute atomic E-state index is 11.4. The number of hydrogen-bond acceptors (Lipinski definition) is 3. The summed E-state index contributed by atoms with van der Waals surface area (Å²) in [5.74, 6) is 1.42. The van der Waals surface area contributed by atoms with E-state index in [1.54, 1.807) is 11.8 Å². The van der Waals surface area contributed by atoms with Gasteiger partial charge in [0.05, 0.1) is 5.75 Å². The van der Waals surface area contributed by atoms with Crippen LogP contribution in [0, 0.1) is 0 Å². The molecule has 0 saturated heterocycles. The molecule has 0 aromatic carbocycles. The van der Waals surface area contributed by atoms with E-state index in [1.165, 1.54) is 0 Å². The third-order valence-electron chi connectivity index (χ3n) is 2.04. The van der Waals surface area contributed by atoms with Gasteiger partial charge in [0.1, 0.15) is 0 Å². The molecule has 1 amide bonds. The van der Waals surface area contributed by atoms with Crippen LogP contribution in [0.2, 0.25) is 0 Å². The molecule has 0 aliphatic rings. The summed E-state index contributed by atoms with van der Waals surface area (Å²) < 4.78 is 0. The molecule has 0 rings (SSSR count). The highest BCUT2D eigenvalue weighted by Gasteiger charge is 2.17. The Bertz CT molecular complexity index is 172. The summed E-state index contributed by atoms with van der Waals surface area (Å²) in [6.07, 6.45) is 1.69. The summed E-state index contributed by atoms with van der Waals surface area (Å²) in [6.45, 7) is 6.29. The molecule has 3 nitrogen and oxygen atoms in total. The monoisotopic (exact) mass is 219 g/mol. The van der Waals surface area contributed by atoms with E-state index in [0.29, 0.717) is 5.75 Å². The first-order valence-corrected chi connectivity index (χ1v) is 6.17. The molecular weight excluding hydrogens is 198 g/mol. The molecule has 0 aromatic rings. The Morgan fingerprint density at radius 3 is 2.64 bits per heavy atom. The Kier molecular flexibility index (Phi) is 7.01. The lowest BCUT2D eigenvalue weighted by Gasteiger charge is -2.24. The van der Waals surface area contributed by atoms with Crippen molar-refractivity contribution in [2.75, 3.05) is 18.1 Å². The first-order valence-electron chi connectivity index (χ1n) is 5.01. The van der Waals surface area contributed by atoms with Crippen LogP contribution >= 0.6 is 11.8 Å². The van der Waals surface area contributed by atoms with E-state index in [1.807, 2.05) is 13.8 Å². The number of aliphatic hydroxyl groups excluding tert-OH is 1. The quantitative estimate of drug-likeness (QED) is 0.636. The second-order valence-corrected chi connectivity index (χ2v) is 5.02. The second kappa shape index (κ2) is 7.12. The Balaban J connectivity index is 3.55. The van der Waals surface area contributed by atoms with Crippen molar-refractivity contribution in [3.05, 3.63) is 0 Å². The van der Waals surface area contributed by atoms with Gasteiger partial charge in [0, 0.05) is 12.1 Å². The van der Waals surface area contributed by atoms with E-state index in [9.17, 15) is 4.79 Å². The molecule has 0 saturated carbocycles. The van der Waals surface area contributed by atoms with Crippen LogP contribution in [0.1, 0.15) is 33.6 Å². The molecule has 0 bridgehead atoms. The molecule has 0 aromatic heterocycles. The second-order valence-electron chi connectivity index (χ2n) is 3.92. The minimum absolute atomic E-state index is 0.0831. The van der Waals surface area contributed by atoms with E-state index < -0.39 is 0 Å². The molecule has 0 unspecified atom stereocenters. The van der Waals surface area contributed by atoms with Gasteiger partial charge in [-0.3, -0.25) is 4.79 Å². The molecule has 4 heteroatoms. The number of amides is 1. The summed E-state index contributed by atoms with van der Waals surface area (Å²) in [5.41, 5.74) is -0.103. The van der Waals surface area contributed by atoms with Gasteiger partial charge in [0.15, 0.2) is 0 Å². The molecule has 0 fully saturated rings. The molecule has 0 heterocycles. The summed E-state index contributed by atoms with van der Waals surface area (Å²) in [5, 5.41) is 11.5. The molecule has 14 heavy (non-hydrogen) atoms. The van der Waals surface area contributed by atoms with Gasteiger partial charge in [-0.1, -0.05) is 6.92 Å². The molecule has 84 valence electrons. The van der Waals surface area contributed by atoms with E-state index in [2.05, 4.69) is 12.2 Å². The van der Waals surface area contributed by atoms with Gasteiger partial charge in [-0.15, -0.1) is 0 Å². The van der Waals surface area contributed by atoms with Crippen molar-refractivity contribution in [1.82, 2.24) is 5.32 Å². The first-order chi connectivity index (χ1) is 6.52. The largest absolute Gasteiger partial charge is 0.396 e. The Labute approximate surface area is 90.7 Å². The Hall–Kier alpha value is -0.220. The third kappa shape index (κ3) is 7.21. The number of rotatable bonds is 7. The molecular formula is C10H21NO2S. The van der Waals surface area contributed by atoms with Crippen molar-refractivity contribution in [2.24, 2.45) is 0 Å². The van der Waals surface area contributed by atoms with Gasteiger partial charge in [-0.25, -0.2) is 0 Å². The average Bonchev–Trinajstić information content (AvgIpc) is 2.12. The highest BCUT2D eigenvalue weighted by Crippen LogP contribution is 2.08. The van der Waals surface area contributed by atoms with E-state index in [4.69, 9.17) is 5.11 Å². The zero-order valence-corrected chi connectivity index (χ0v) is 10.1. The Morgan fingerprint density at radius 1 is 1.50 bits per heavy atom. The number of nitrogens with one attached hydrogen (secondary N) is 1. The normalized spacial score (nSPS) is 11.4. The van der Waals surface area contributed by atoms with Gasteiger partial charge in [-0.05, 0) is 32.4 Å². The Morgan fingerprint density at radius 2 is 2.14 bits per heavy atom. The maximum atomic E-state index is 11.4. The van der Waals surface area contributed by atoms with Crippen molar-refractivity contribution >= 4 is 17.7 Å². The zero-order chi connectivity index (χ0) is 11.0. The van der Waals surface area contributed by atoms with Crippen LogP contribution in [-0.2, 0) is 4.79 Å². The highest BCUT2D eigenvalue weighted by atomic mass is 32.2. The van der Waals surface area contributed by atoms with E-state index in [0.717, 1.165) is 18.6 Å².